The van der Waals surface area contributed by atoms with Gasteiger partial charge in [-0.15, -0.1) is 0 Å². The summed E-state index contributed by atoms with van der Waals surface area (Å²) in [5, 5.41) is 12.8. The second-order valence-corrected chi connectivity index (χ2v) is 18.8. The lowest BCUT2D eigenvalue weighted by Crippen LogP contribution is -2.54. The molecule has 2 bridgehead atoms. The van der Waals surface area contributed by atoms with E-state index in [9.17, 15) is 18.3 Å². The van der Waals surface area contributed by atoms with Crippen LogP contribution in [0.3, 0.4) is 0 Å². The highest BCUT2D eigenvalue weighted by atomic mass is 35.5. The van der Waals surface area contributed by atoms with Crippen molar-refractivity contribution in [2.45, 2.75) is 101 Å². The normalized spacial score (nSPS) is 35.2. The summed E-state index contributed by atoms with van der Waals surface area (Å²) in [6.07, 6.45) is 10.2. The molecular formula is C39H54ClN3O5S. The van der Waals surface area contributed by atoms with Crippen molar-refractivity contribution in [2.24, 2.45) is 23.7 Å². The largest absolute Gasteiger partial charge is 0.490 e. The van der Waals surface area contributed by atoms with Gasteiger partial charge in [-0.3, -0.25) is 4.79 Å². The molecule has 8 nitrogen and oxygen atoms in total. The number of hydrogen-bond donors (Lipinski definition) is 2. The molecule has 2 aliphatic carbocycles. The number of benzene rings is 2. The van der Waals surface area contributed by atoms with E-state index in [2.05, 4.69) is 33.7 Å². The fraction of sp³-hybridized carbons (Fsp3) is 0.667. The Hall–Kier alpha value is -2.33. The van der Waals surface area contributed by atoms with Crippen molar-refractivity contribution in [1.82, 2.24) is 9.62 Å². The van der Waals surface area contributed by atoms with Crippen LogP contribution in [0.25, 0.3) is 0 Å². The number of aryl methyl sites for hydroxylation is 1. The first-order chi connectivity index (χ1) is 23.4. The number of amides is 1. The van der Waals surface area contributed by atoms with Gasteiger partial charge in [0, 0.05) is 35.6 Å². The highest BCUT2D eigenvalue weighted by Gasteiger charge is 2.49. The fourth-order valence-electron chi connectivity index (χ4n) is 9.96. The third-order valence-electron chi connectivity index (χ3n) is 13.0. The highest BCUT2D eigenvalue weighted by molar-refractivity contribution is 7.90. The molecule has 1 saturated heterocycles. The molecule has 2 aromatic rings. The summed E-state index contributed by atoms with van der Waals surface area (Å²) in [6.45, 7) is 7.72. The molecule has 7 rings (SSSR count). The number of likely N-dealkylation sites (tertiary alicyclic amines) is 1. The van der Waals surface area contributed by atoms with Gasteiger partial charge >= 0.3 is 0 Å². The first-order valence-electron chi connectivity index (χ1n) is 18.6. The van der Waals surface area contributed by atoms with Gasteiger partial charge in [-0.25, -0.2) is 13.1 Å². The summed E-state index contributed by atoms with van der Waals surface area (Å²) in [5.74, 6) is 0.837. The Balaban J connectivity index is 1.29. The van der Waals surface area contributed by atoms with Crippen molar-refractivity contribution in [1.29, 1.82) is 0 Å². The fourth-order valence-corrected chi connectivity index (χ4v) is 11.5. The molecule has 1 spiro atoms. The van der Waals surface area contributed by atoms with Crippen molar-refractivity contribution in [3.8, 4) is 5.75 Å². The second-order valence-electron chi connectivity index (χ2n) is 16.4. The maximum atomic E-state index is 13.6. The Morgan fingerprint density at radius 2 is 1.86 bits per heavy atom. The molecule has 2 N–H and O–H groups in total. The molecule has 10 heteroatoms. The summed E-state index contributed by atoms with van der Waals surface area (Å²) >= 11 is 6.47. The second kappa shape index (κ2) is 13.7. The third-order valence-corrected chi connectivity index (χ3v) is 15.2. The van der Waals surface area contributed by atoms with Crippen molar-refractivity contribution in [3.63, 3.8) is 0 Å². The lowest BCUT2D eigenvalue weighted by atomic mass is 9.60. The van der Waals surface area contributed by atoms with Crippen molar-refractivity contribution in [3.05, 3.63) is 58.1 Å². The van der Waals surface area contributed by atoms with Crippen LogP contribution in [0.4, 0.5) is 5.69 Å². The minimum atomic E-state index is -3.93. The van der Waals surface area contributed by atoms with E-state index in [0.717, 1.165) is 88.1 Å². The zero-order valence-electron chi connectivity index (χ0n) is 29.4. The molecule has 268 valence electrons. The summed E-state index contributed by atoms with van der Waals surface area (Å²) in [6, 6.07) is 11.6. The van der Waals surface area contributed by atoms with Crippen LogP contribution in [-0.4, -0.2) is 75.0 Å². The lowest BCUT2D eigenvalue weighted by Gasteiger charge is -2.51. The standard InChI is InChI=1S/C39H54ClN3O5S/c1-26-7-4-17-39(45,21-28-8-6-18-42(3)22-28)34-13-10-31(34)23-43-24-38(16-5-9-29-19-32(40)12-14-33(29)38)25-48-36-15-11-30(20-35(36)43)37(44)41-49(46,47)27(26)2/h11-12,14-15,19-20,26-28,31,34,45H,4-10,13,16-18,21-25H2,1-3H3,(H,41,44)/t26-,27+,28+,31-,34+,38-,39-/m0/s1. The van der Waals surface area contributed by atoms with Crippen LogP contribution in [0, 0.1) is 23.7 Å². The molecule has 1 saturated carbocycles. The van der Waals surface area contributed by atoms with Crippen LogP contribution < -0.4 is 14.4 Å². The van der Waals surface area contributed by atoms with Crippen LogP contribution in [0.2, 0.25) is 5.02 Å². The summed E-state index contributed by atoms with van der Waals surface area (Å²) in [7, 11) is -1.74. The minimum absolute atomic E-state index is 0.164. The van der Waals surface area contributed by atoms with Crippen LogP contribution >= 0.6 is 11.6 Å². The van der Waals surface area contributed by atoms with E-state index >= 15 is 0 Å². The maximum Gasteiger partial charge on any atom is 0.264 e. The number of sulfonamides is 1. The average molecular weight is 712 g/mol. The summed E-state index contributed by atoms with van der Waals surface area (Å²) < 4.78 is 36.1. The number of hydrogen-bond acceptors (Lipinski definition) is 7. The molecule has 1 amide bonds. The Morgan fingerprint density at radius 3 is 2.63 bits per heavy atom. The lowest BCUT2D eigenvalue weighted by molar-refractivity contribution is -0.106. The number of anilines is 1. The predicted octanol–water partition coefficient (Wildman–Crippen LogP) is 6.57. The summed E-state index contributed by atoms with van der Waals surface area (Å²) in [5.41, 5.74) is 2.59. The van der Waals surface area contributed by atoms with Gasteiger partial charge in [-0.1, -0.05) is 31.0 Å². The number of ether oxygens (including phenoxy) is 1. The van der Waals surface area contributed by atoms with Gasteiger partial charge in [0.2, 0.25) is 10.0 Å². The van der Waals surface area contributed by atoms with Crippen LogP contribution in [0.1, 0.15) is 99.5 Å². The van der Waals surface area contributed by atoms with Gasteiger partial charge in [0.15, 0.2) is 0 Å². The van der Waals surface area contributed by atoms with Crippen molar-refractivity contribution >= 4 is 33.2 Å². The summed E-state index contributed by atoms with van der Waals surface area (Å²) in [4.78, 5) is 18.4. The highest BCUT2D eigenvalue weighted by Crippen LogP contribution is 2.50. The number of carbonyl (C=O) groups excluding carboxylic acids is 1. The molecule has 7 atom stereocenters. The van der Waals surface area contributed by atoms with E-state index < -0.39 is 26.8 Å². The van der Waals surface area contributed by atoms with E-state index in [0.29, 0.717) is 49.1 Å². The van der Waals surface area contributed by atoms with Gasteiger partial charge in [-0.05, 0) is 150 Å². The molecule has 0 unspecified atom stereocenters. The molecule has 2 fully saturated rings. The molecule has 0 radical (unpaired) electrons. The molecule has 3 aliphatic heterocycles. The minimum Gasteiger partial charge on any atom is -0.490 e. The number of fused-ring (bicyclic) bond motifs is 4. The Kier molecular flexibility index (Phi) is 9.78. The van der Waals surface area contributed by atoms with E-state index in [4.69, 9.17) is 16.3 Å². The van der Waals surface area contributed by atoms with E-state index in [-0.39, 0.29) is 17.3 Å². The molecule has 5 aliphatic rings. The SMILES string of the molecule is C[C@@H]1[C@@H](C)CCC[C@](O)(C[C@H]2CCCN(C)C2)[C@@H]2CC[C@H]2CN2C[C@@]3(CCCc4cc(Cl)ccc43)COc3ccc(cc32)C(=O)NS1(=O)=O. The van der Waals surface area contributed by atoms with E-state index in [1.54, 1.807) is 13.0 Å². The zero-order valence-corrected chi connectivity index (χ0v) is 31.0. The maximum absolute atomic E-state index is 13.6. The van der Waals surface area contributed by atoms with E-state index in [1.165, 1.54) is 11.1 Å². The van der Waals surface area contributed by atoms with Crippen molar-refractivity contribution < 1.29 is 23.1 Å². The zero-order chi connectivity index (χ0) is 34.6. The third kappa shape index (κ3) is 6.98. The number of nitrogens with zero attached hydrogens (tertiary/aromatic N) is 2. The van der Waals surface area contributed by atoms with Gasteiger partial charge < -0.3 is 19.6 Å². The first-order valence-corrected chi connectivity index (χ1v) is 20.6. The number of rotatable bonds is 2. The smallest absolute Gasteiger partial charge is 0.264 e. The Bertz CT molecular complexity index is 1670. The number of aliphatic hydroxyl groups is 1. The molecule has 49 heavy (non-hydrogen) atoms. The quantitative estimate of drug-likeness (QED) is 0.364. The number of carbonyl (C=O) groups is 1. The number of piperidine rings is 1. The predicted molar refractivity (Wildman–Crippen MR) is 195 cm³/mol. The number of halogens is 1. The van der Waals surface area contributed by atoms with E-state index in [1.807, 2.05) is 25.1 Å². The molecule has 2 aromatic carbocycles. The monoisotopic (exact) mass is 711 g/mol. The van der Waals surface area contributed by atoms with Gasteiger partial charge in [-0.2, -0.15) is 0 Å². The Morgan fingerprint density at radius 1 is 1.02 bits per heavy atom. The van der Waals surface area contributed by atoms with Crippen LogP contribution in [0.5, 0.6) is 5.75 Å². The molecular weight excluding hydrogens is 658 g/mol. The molecule has 3 heterocycles. The van der Waals surface area contributed by atoms with Gasteiger partial charge in [0.05, 0.1) is 23.1 Å². The average Bonchev–Trinajstić information content (AvgIpc) is 3.18. The first kappa shape index (κ1) is 35.1. The van der Waals surface area contributed by atoms with Crippen molar-refractivity contribution in [2.75, 3.05) is 44.7 Å². The molecule has 0 aromatic heterocycles. The number of nitrogens with one attached hydrogen (secondary N) is 1. The van der Waals surface area contributed by atoms with Gasteiger partial charge in [0.25, 0.3) is 5.91 Å². The topological polar surface area (TPSA) is 99.2 Å². The van der Waals surface area contributed by atoms with Crippen LogP contribution in [0.15, 0.2) is 36.4 Å². The Labute approximate surface area is 298 Å². The van der Waals surface area contributed by atoms with Crippen LogP contribution in [-0.2, 0) is 21.9 Å². The van der Waals surface area contributed by atoms with Gasteiger partial charge in [0.1, 0.15) is 5.75 Å².